The fourth-order valence-corrected chi connectivity index (χ4v) is 5.23. The molecule has 166 valence electrons. The van der Waals surface area contributed by atoms with Crippen molar-refractivity contribution in [3.8, 4) is 6.07 Å². The van der Waals surface area contributed by atoms with E-state index in [1.165, 1.54) is 10.4 Å². The number of nitriles is 1. The Balaban J connectivity index is 2.01. The van der Waals surface area contributed by atoms with Gasteiger partial charge in [0.2, 0.25) is 10.0 Å². The standard InChI is InChI=1S/C22H22ClF3N2O2S/c1-14-3-6-19(22(24,25)26)9-18(14)10-20(15-4-5-16(12-27)21(23)11-15)17-7-8-28(13-17)31(2,29)30/h3-6,9,11,17,20H,7-8,10,13H2,1-2H3/t17-,20?/m0/s1. The van der Waals surface area contributed by atoms with Crippen LogP contribution in [0.25, 0.3) is 0 Å². The Labute approximate surface area is 185 Å². The van der Waals surface area contributed by atoms with Crippen molar-refractivity contribution in [1.82, 2.24) is 4.31 Å². The Morgan fingerprint density at radius 1 is 1.26 bits per heavy atom. The number of benzene rings is 2. The van der Waals surface area contributed by atoms with E-state index in [1.54, 1.807) is 25.1 Å². The summed E-state index contributed by atoms with van der Waals surface area (Å²) in [6.45, 7) is 2.42. The van der Waals surface area contributed by atoms with Gasteiger partial charge in [0.25, 0.3) is 0 Å². The van der Waals surface area contributed by atoms with Crippen LogP contribution in [0.15, 0.2) is 36.4 Å². The number of halogens is 4. The molecule has 31 heavy (non-hydrogen) atoms. The molecule has 2 aromatic rings. The van der Waals surface area contributed by atoms with E-state index in [4.69, 9.17) is 16.9 Å². The summed E-state index contributed by atoms with van der Waals surface area (Å²) in [5, 5.41) is 9.42. The first kappa shape index (κ1) is 23.6. The summed E-state index contributed by atoms with van der Waals surface area (Å²) in [5.74, 6) is -0.341. The van der Waals surface area contributed by atoms with Crippen molar-refractivity contribution in [2.45, 2.75) is 31.9 Å². The van der Waals surface area contributed by atoms with Gasteiger partial charge < -0.3 is 0 Å². The van der Waals surface area contributed by atoms with Crippen LogP contribution in [0.2, 0.25) is 5.02 Å². The summed E-state index contributed by atoms with van der Waals surface area (Å²) in [5.41, 5.74) is 1.66. The Morgan fingerprint density at radius 3 is 2.52 bits per heavy atom. The lowest BCUT2D eigenvalue weighted by Gasteiger charge is -2.26. The quantitative estimate of drug-likeness (QED) is 0.607. The Kier molecular flexibility index (Phi) is 6.70. The van der Waals surface area contributed by atoms with Gasteiger partial charge in [0.1, 0.15) is 6.07 Å². The molecule has 1 heterocycles. The lowest BCUT2D eigenvalue weighted by Crippen LogP contribution is -2.29. The molecule has 2 aromatic carbocycles. The van der Waals surface area contributed by atoms with Gasteiger partial charge in [-0.2, -0.15) is 18.4 Å². The fraction of sp³-hybridized carbons (Fsp3) is 0.409. The second-order valence-electron chi connectivity index (χ2n) is 7.97. The van der Waals surface area contributed by atoms with Crippen LogP contribution in [0, 0.1) is 24.2 Å². The fourth-order valence-electron chi connectivity index (χ4n) is 4.10. The molecule has 0 spiro atoms. The number of rotatable bonds is 5. The van der Waals surface area contributed by atoms with Crippen molar-refractivity contribution in [3.05, 3.63) is 69.2 Å². The molecule has 1 aliphatic heterocycles. The third-order valence-electron chi connectivity index (χ3n) is 5.88. The zero-order chi connectivity index (χ0) is 23.0. The van der Waals surface area contributed by atoms with Crippen molar-refractivity contribution in [3.63, 3.8) is 0 Å². The van der Waals surface area contributed by atoms with Crippen molar-refractivity contribution in [1.29, 1.82) is 5.26 Å². The van der Waals surface area contributed by atoms with E-state index >= 15 is 0 Å². The van der Waals surface area contributed by atoms with Gasteiger partial charge in [-0.05, 0) is 72.6 Å². The highest BCUT2D eigenvalue weighted by atomic mass is 35.5. The van der Waals surface area contributed by atoms with E-state index in [1.807, 2.05) is 6.07 Å². The summed E-state index contributed by atoms with van der Waals surface area (Å²) in [6, 6.07) is 10.7. The maximum atomic E-state index is 13.3. The molecule has 1 aliphatic rings. The highest BCUT2D eigenvalue weighted by Gasteiger charge is 2.36. The van der Waals surface area contributed by atoms with Gasteiger partial charge in [-0.1, -0.05) is 23.7 Å². The molecule has 0 aromatic heterocycles. The molecule has 1 unspecified atom stereocenters. The van der Waals surface area contributed by atoms with Gasteiger partial charge in [0, 0.05) is 13.1 Å². The molecule has 1 saturated heterocycles. The Morgan fingerprint density at radius 2 is 1.97 bits per heavy atom. The largest absolute Gasteiger partial charge is 0.416 e. The predicted octanol–water partition coefficient (Wildman–Crippen LogP) is 5.15. The minimum absolute atomic E-state index is 0.0901. The van der Waals surface area contributed by atoms with Crippen LogP contribution in [0.4, 0.5) is 13.2 Å². The third kappa shape index (κ3) is 5.40. The first-order valence-corrected chi connectivity index (χ1v) is 11.9. The number of aryl methyl sites for hydroxylation is 1. The number of alkyl halides is 3. The average Bonchev–Trinajstić information content (AvgIpc) is 3.16. The van der Waals surface area contributed by atoms with E-state index in [0.29, 0.717) is 37.1 Å². The van der Waals surface area contributed by atoms with Crippen molar-refractivity contribution < 1.29 is 21.6 Å². The Hall–Kier alpha value is -2.08. The molecule has 1 fully saturated rings. The molecule has 3 rings (SSSR count). The minimum atomic E-state index is -4.45. The molecular formula is C22H22ClF3N2O2S. The van der Waals surface area contributed by atoms with Crippen LogP contribution < -0.4 is 0 Å². The SMILES string of the molecule is Cc1ccc(C(F)(F)F)cc1CC(c1ccc(C#N)c(Cl)c1)[C@H]1CCN(S(C)(=O)=O)C1. The third-order valence-corrected chi connectivity index (χ3v) is 7.47. The van der Waals surface area contributed by atoms with E-state index in [0.717, 1.165) is 29.5 Å². The maximum Gasteiger partial charge on any atom is 0.416 e. The smallest absolute Gasteiger partial charge is 0.213 e. The van der Waals surface area contributed by atoms with E-state index in [9.17, 15) is 21.6 Å². The summed E-state index contributed by atoms with van der Waals surface area (Å²) in [7, 11) is -3.36. The molecule has 0 amide bonds. The van der Waals surface area contributed by atoms with Gasteiger partial charge in [-0.3, -0.25) is 0 Å². The second kappa shape index (κ2) is 8.81. The zero-order valence-corrected chi connectivity index (χ0v) is 18.7. The molecular weight excluding hydrogens is 449 g/mol. The van der Waals surface area contributed by atoms with Gasteiger partial charge in [-0.25, -0.2) is 12.7 Å². The van der Waals surface area contributed by atoms with Gasteiger partial charge in [-0.15, -0.1) is 0 Å². The van der Waals surface area contributed by atoms with Crippen LogP contribution >= 0.6 is 11.6 Å². The second-order valence-corrected chi connectivity index (χ2v) is 10.4. The van der Waals surface area contributed by atoms with Gasteiger partial charge in [0.05, 0.1) is 22.4 Å². The molecule has 2 atom stereocenters. The van der Waals surface area contributed by atoms with Crippen molar-refractivity contribution in [2.75, 3.05) is 19.3 Å². The Bertz CT molecular complexity index is 1130. The number of hydrogen-bond acceptors (Lipinski definition) is 3. The average molecular weight is 471 g/mol. The molecule has 0 N–H and O–H groups in total. The molecule has 0 radical (unpaired) electrons. The molecule has 0 saturated carbocycles. The maximum absolute atomic E-state index is 13.3. The highest BCUT2D eigenvalue weighted by Crippen LogP contribution is 2.39. The van der Waals surface area contributed by atoms with E-state index in [2.05, 4.69) is 0 Å². The van der Waals surface area contributed by atoms with Gasteiger partial charge >= 0.3 is 6.18 Å². The van der Waals surface area contributed by atoms with Gasteiger partial charge in [0.15, 0.2) is 0 Å². The number of sulfonamides is 1. The van der Waals surface area contributed by atoms with Crippen molar-refractivity contribution in [2.24, 2.45) is 5.92 Å². The normalized spacial score (nSPS) is 18.7. The van der Waals surface area contributed by atoms with Crippen LogP contribution in [0.5, 0.6) is 0 Å². The summed E-state index contributed by atoms with van der Waals surface area (Å²) in [4.78, 5) is 0. The van der Waals surface area contributed by atoms with Crippen LogP contribution in [-0.4, -0.2) is 32.1 Å². The minimum Gasteiger partial charge on any atom is -0.213 e. The summed E-state index contributed by atoms with van der Waals surface area (Å²) >= 11 is 6.22. The molecule has 9 heteroatoms. The molecule has 0 aliphatic carbocycles. The van der Waals surface area contributed by atoms with E-state index in [-0.39, 0.29) is 16.9 Å². The van der Waals surface area contributed by atoms with E-state index < -0.39 is 21.8 Å². The predicted molar refractivity (Wildman–Crippen MR) is 113 cm³/mol. The topological polar surface area (TPSA) is 61.2 Å². The molecule has 0 bridgehead atoms. The lowest BCUT2D eigenvalue weighted by atomic mass is 9.80. The zero-order valence-electron chi connectivity index (χ0n) is 17.1. The summed E-state index contributed by atoms with van der Waals surface area (Å²) in [6.07, 6.45) is -2.40. The molecule has 4 nitrogen and oxygen atoms in total. The lowest BCUT2D eigenvalue weighted by molar-refractivity contribution is -0.137. The van der Waals surface area contributed by atoms with Crippen molar-refractivity contribution >= 4 is 21.6 Å². The first-order chi connectivity index (χ1) is 14.4. The van der Waals surface area contributed by atoms with Crippen LogP contribution in [0.3, 0.4) is 0 Å². The number of nitrogens with zero attached hydrogens (tertiary/aromatic N) is 2. The van der Waals surface area contributed by atoms with Crippen LogP contribution in [0.1, 0.15) is 40.2 Å². The number of hydrogen-bond donors (Lipinski definition) is 0. The summed E-state index contributed by atoms with van der Waals surface area (Å²) < 4.78 is 65.1. The highest BCUT2D eigenvalue weighted by molar-refractivity contribution is 7.88. The monoisotopic (exact) mass is 470 g/mol. The first-order valence-electron chi connectivity index (χ1n) is 9.71. The van der Waals surface area contributed by atoms with Crippen LogP contribution in [-0.2, 0) is 22.6 Å².